The summed E-state index contributed by atoms with van der Waals surface area (Å²) in [6.07, 6.45) is 2.30. The molecule has 3 aliphatic rings. The molecule has 1 aliphatic carbocycles. The van der Waals surface area contributed by atoms with E-state index in [0.29, 0.717) is 5.92 Å². The second-order valence-electron chi connectivity index (χ2n) is 3.79. The molecule has 0 aromatic rings. The highest BCUT2D eigenvalue weighted by Gasteiger charge is 2.39. The molecule has 2 aliphatic heterocycles. The van der Waals surface area contributed by atoms with Gasteiger partial charge in [0.2, 0.25) is 0 Å². The van der Waals surface area contributed by atoms with Crippen LogP contribution < -0.4 is 5.48 Å². The summed E-state index contributed by atoms with van der Waals surface area (Å²) in [4.78, 5) is 5.30. The third-order valence-electron chi connectivity index (χ3n) is 3.19. The van der Waals surface area contributed by atoms with E-state index in [2.05, 4.69) is 5.48 Å². The molecule has 2 unspecified atom stereocenters. The molecule has 0 aromatic heterocycles. The van der Waals surface area contributed by atoms with Crippen molar-refractivity contribution < 1.29 is 9.57 Å². The Hall–Kier alpha value is -0.540. The number of hydrogen-bond acceptors (Lipinski definition) is 3. The van der Waals surface area contributed by atoms with Gasteiger partial charge in [-0.25, -0.2) is 0 Å². The van der Waals surface area contributed by atoms with Gasteiger partial charge in [-0.2, -0.15) is 5.48 Å². The van der Waals surface area contributed by atoms with Gasteiger partial charge in [0.1, 0.15) is 0 Å². The Labute approximate surface area is 71.7 Å². The minimum Gasteiger partial charge on any atom is -0.498 e. The van der Waals surface area contributed by atoms with Gasteiger partial charge in [-0.1, -0.05) is 0 Å². The zero-order valence-electron chi connectivity index (χ0n) is 7.01. The lowest BCUT2D eigenvalue weighted by atomic mass is 9.89. The first-order valence-corrected chi connectivity index (χ1v) is 4.64. The van der Waals surface area contributed by atoms with E-state index in [0.717, 1.165) is 32.1 Å². The van der Waals surface area contributed by atoms with Crippen molar-refractivity contribution in [3.8, 4) is 0 Å². The largest absolute Gasteiger partial charge is 0.498 e. The minimum absolute atomic E-state index is 0.687. The summed E-state index contributed by atoms with van der Waals surface area (Å²) < 4.78 is 5.62. The Balaban J connectivity index is 1.98. The summed E-state index contributed by atoms with van der Waals surface area (Å²) >= 11 is 0. The zero-order valence-corrected chi connectivity index (χ0v) is 7.01. The lowest BCUT2D eigenvalue weighted by Crippen LogP contribution is -2.20. The Morgan fingerprint density at radius 1 is 1.42 bits per heavy atom. The quantitative estimate of drug-likeness (QED) is 0.579. The molecular formula is C9H13NO2. The van der Waals surface area contributed by atoms with Crippen molar-refractivity contribution in [3.05, 3.63) is 11.3 Å². The molecule has 66 valence electrons. The average Bonchev–Trinajstić information content (AvgIpc) is 2.26. The normalized spacial score (nSPS) is 39.3. The van der Waals surface area contributed by atoms with Crippen molar-refractivity contribution >= 4 is 0 Å². The predicted molar refractivity (Wildman–Crippen MR) is 43.1 cm³/mol. The third-order valence-corrected chi connectivity index (χ3v) is 3.19. The van der Waals surface area contributed by atoms with Crippen LogP contribution in [0.3, 0.4) is 0 Å². The van der Waals surface area contributed by atoms with Gasteiger partial charge in [0.25, 0.3) is 0 Å². The standard InChI is InChI=1S/C9H13NO2/c1-2-11-9-3-6-5-12-10-4-8(9)7(1)6/h6-7,10H,1-5H2. The molecule has 3 nitrogen and oxygen atoms in total. The van der Waals surface area contributed by atoms with Crippen LogP contribution in [0.2, 0.25) is 0 Å². The molecule has 3 rings (SSSR count). The fourth-order valence-corrected chi connectivity index (χ4v) is 2.57. The third kappa shape index (κ3) is 0.836. The van der Waals surface area contributed by atoms with E-state index >= 15 is 0 Å². The predicted octanol–water partition coefficient (Wildman–Crippen LogP) is 0.832. The Kier molecular flexibility index (Phi) is 1.43. The van der Waals surface area contributed by atoms with Crippen LogP contribution in [0.15, 0.2) is 11.3 Å². The molecule has 12 heavy (non-hydrogen) atoms. The van der Waals surface area contributed by atoms with Crippen LogP contribution in [0.1, 0.15) is 12.8 Å². The van der Waals surface area contributed by atoms with Crippen molar-refractivity contribution in [2.45, 2.75) is 12.8 Å². The molecular weight excluding hydrogens is 154 g/mol. The van der Waals surface area contributed by atoms with Crippen LogP contribution in [0.25, 0.3) is 0 Å². The van der Waals surface area contributed by atoms with Crippen LogP contribution in [0.5, 0.6) is 0 Å². The molecule has 0 radical (unpaired) electrons. The first kappa shape index (κ1) is 6.92. The van der Waals surface area contributed by atoms with Gasteiger partial charge in [-0.3, -0.25) is 0 Å². The summed E-state index contributed by atoms with van der Waals surface area (Å²) in [5.41, 5.74) is 4.45. The van der Waals surface area contributed by atoms with E-state index in [-0.39, 0.29) is 0 Å². The van der Waals surface area contributed by atoms with E-state index in [9.17, 15) is 0 Å². The average molecular weight is 167 g/mol. The van der Waals surface area contributed by atoms with Crippen molar-refractivity contribution in [2.24, 2.45) is 11.8 Å². The van der Waals surface area contributed by atoms with Crippen LogP contribution >= 0.6 is 0 Å². The molecule has 2 heterocycles. The summed E-state index contributed by atoms with van der Waals surface area (Å²) in [7, 11) is 0. The molecule has 1 N–H and O–H groups in total. The number of nitrogens with one attached hydrogen (secondary N) is 1. The van der Waals surface area contributed by atoms with Crippen LogP contribution in [-0.4, -0.2) is 19.8 Å². The lowest BCUT2D eigenvalue weighted by molar-refractivity contribution is 0.0271. The van der Waals surface area contributed by atoms with Crippen molar-refractivity contribution in [1.82, 2.24) is 5.48 Å². The molecule has 0 amide bonds. The zero-order chi connectivity index (χ0) is 7.97. The molecule has 1 saturated heterocycles. The molecule has 0 aromatic carbocycles. The van der Waals surface area contributed by atoms with Gasteiger partial charge in [0.15, 0.2) is 0 Å². The first-order valence-electron chi connectivity index (χ1n) is 4.64. The van der Waals surface area contributed by atoms with Gasteiger partial charge in [-0.15, -0.1) is 0 Å². The van der Waals surface area contributed by atoms with Gasteiger partial charge < -0.3 is 9.57 Å². The minimum atomic E-state index is 0.687. The number of hydrogen-bond donors (Lipinski definition) is 1. The SMILES string of the molecule is C1CC2C3=C(CC2CONC3)O1. The van der Waals surface area contributed by atoms with Crippen LogP contribution in [0, 0.1) is 11.8 Å². The number of hydroxylamine groups is 1. The van der Waals surface area contributed by atoms with Crippen molar-refractivity contribution in [3.63, 3.8) is 0 Å². The summed E-state index contributed by atoms with van der Waals surface area (Å²) in [5, 5.41) is 0. The molecule has 2 atom stereocenters. The molecule has 0 saturated carbocycles. The topological polar surface area (TPSA) is 30.5 Å². The summed E-state index contributed by atoms with van der Waals surface area (Å²) in [6, 6.07) is 0. The molecule has 4 bridgehead atoms. The number of allylic oxidation sites excluding steroid dienone is 1. The summed E-state index contributed by atoms with van der Waals surface area (Å²) in [6.45, 7) is 2.64. The van der Waals surface area contributed by atoms with E-state index in [4.69, 9.17) is 9.57 Å². The lowest BCUT2D eigenvalue weighted by Gasteiger charge is -2.20. The highest BCUT2D eigenvalue weighted by atomic mass is 16.6. The second kappa shape index (κ2) is 2.47. The van der Waals surface area contributed by atoms with E-state index in [1.807, 2.05) is 0 Å². The van der Waals surface area contributed by atoms with Gasteiger partial charge in [0.05, 0.1) is 19.0 Å². The Morgan fingerprint density at radius 2 is 2.42 bits per heavy atom. The monoisotopic (exact) mass is 167 g/mol. The highest BCUT2D eigenvalue weighted by molar-refractivity contribution is 5.24. The van der Waals surface area contributed by atoms with Crippen molar-refractivity contribution in [1.29, 1.82) is 0 Å². The molecule has 1 fully saturated rings. The fraction of sp³-hybridized carbons (Fsp3) is 0.778. The van der Waals surface area contributed by atoms with E-state index in [1.54, 1.807) is 0 Å². The number of ether oxygens (including phenoxy) is 1. The van der Waals surface area contributed by atoms with Gasteiger partial charge >= 0.3 is 0 Å². The first-order chi connectivity index (χ1) is 5.95. The highest BCUT2D eigenvalue weighted by Crippen LogP contribution is 2.43. The van der Waals surface area contributed by atoms with E-state index < -0.39 is 0 Å². The molecule has 0 spiro atoms. The smallest absolute Gasteiger partial charge is 0.0972 e. The Morgan fingerprint density at radius 3 is 3.42 bits per heavy atom. The maximum absolute atomic E-state index is 5.62. The number of rotatable bonds is 0. The second-order valence-corrected chi connectivity index (χ2v) is 3.79. The molecule has 3 heteroatoms. The van der Waals surface area contributed by atoms with Crippen molar-refractivity contribution in [2.75, 3.05) is 19.8 Å². The van der Waals surface area contributed by atoms with Gasteiger partial charge in [0, 0.05) is 13.0 Å². The van der Waals surface area contributed by atoms with Gasteiger partial charge in [-0.05, 0) is 23.8 Å². The maximum atomic E-state index is 5.62. The maximum Gasteiger partial charge on any atom is 0.0972 e. The van der Waals surface area contributed by atoms with Crippen LogP contribution in [0.4, 0.5) is 0 Å². The van der Waals surface area contributed by atoms with Crippen LogP contribution in [-0.2, 0) is 9.57 Å². The summed E-state index contributed by atoms with van der Waals surface area (Å²) in [5.74, 6) is 2.70. The van der Waals surface area contributed by atoms with E-state index in [1.165, 1.54) is 17.8 Å². The Bertz CT molecular complexity index is 237. The fourth-order valence-electron chi connectivity index (χ4n) is 2.57.